The molecule has 0 bridgehead atoms. The molecule has 0 aliphatic rings. The number of nitrogen functional groups attached to an aromatic ring is 1. The number of anilines is 1. The molecule has 3 rings (SSSR count). The fourth-order valence-corrected chi connectivity index (χ4v) is 3.13. The molecule has 1 aromatic carbocycles. The Balaban J connectivity index is 1.90. The molecule has 5 heteroatoms. The van der Waals surface area contributed by atoms with E-state index in [4.69, 9.17) is 10.5 Å². The molecule has 3 aromatic rings. The summed E-state index contributed by atoms with van der Waals surface area (Å²) in [6.45, 7) is 0. The molecular weight excluding hydrogens is 320 g/mol. The van der Waals surface area contributed by atoms with Crippen LogP contribution in [-0.2, 0) is 4.74 Å². The number of pyridine rings is 1. The first kappa shape index (κ1) is 16.0. The molecule has 2 aromatic heterocycles. The normalized spacial score (nSPS) is 10.9. The highest BCUT2D eigenvalue weighted by Gasteiger charge is 2.13. The Hall–Kier alpha value is -2.92. The van der Waals surface area contributed by atoms with Crippen molar-refractivity contribution >= 4 is 35.1 Å². The number of benzene rings is 1. The van der Waals surface area contributed by atoms with Crippen LogP contribution in [0, 0.1) is 0 Å². The molecule has 120 valence electrons. The van der Waals surface area contributed by atoms with Crippen LogP contribution in [0.25, 0.3) is 22.7 Å². The van der Waals surface area contributed by atoms with Gasteiger partial charge in [-0.3, -0.25) is 0 Å². The van der Waals surface area contributed by atoms with Gasteiger partial charge in [-0.1, -0.05) is 36.4 Å². The van der Waals surface area contributed by atoms with Crippen LogP contribution in [0.5, 0.6) is 0 Å². The van der Waals surface area contributed by atoms with Crippen LogP contribution >= 0.6 is 11.3 Å². The number of carbonyl (C=O) groups excluding carboxylic acids is 1. The second kappa shape index (κ2) is 7.10. The average Bonchev–Trinajstić information content (AvgIpc) is 3.11. The van der Waals surface area contributed by atoms with E-state index in [9.17, 15) is 4.79 Å². The fourth-order valence-electron chi connectivity index (χ4n) is 2.20. The summed E-state index contributed by atoms with van der Waals surface area (Å²) in [7, 11) is 1.36. The quantitative estimate of drug-likeness (QED) is 0.719. The van der Waals surface area contributed by atoms with E-state index in [1.807, 2.05) is 60.7 Å². The Morgan fingerprint density at radius 1 is 1.08 bits per heavy atom. The number of ether oxygens (including phenoxy) is 1. The van der Waals surface area contributed by atoms with Gasteiger partial charge in [0.2, 0.25) is 0 Å². The van der Waals surface area contributed by atoms with Crippen LogP contribution in [0.2, 0.25) is 0 Å². The highest BCUT2D eigenvalue weighted by Crippen LogP contribution is 2.31. The van der Waals surface area contributed by atoms with E-state index < -0.39 is 0 Å². The van der Waals surface area contributed by atoms with Gasteiger partial charge >= 0.3 is 5.97 Å². The number of nitrogens with zero attached hydrogens (tertiary/aromatic N) is 1. The van der Waals surface area contributed by atoms with Crippen LogP contribution in [0.15, 0.2) is 54.6 Å². The number of rotatable bonds is 4. The highest BCUT2D eigenvalue weighted by molar-refractivity contribution is 7.17. The Labute approximate surface area is 144 Å². The summed E-state index contributed by atoms with van der Waals surface area (Å²) in [6.07, 6.45) is 3.93. The maximum atomic E-state index is 11.6. The molecular formula is C19H16N2O2S. The van der Waals surface area contributed by atoms with E-state index in [1.54, 1.807) is 6.07 Å². The number of hydrogen-bond donors (Lipinski definition) is 1. The molecule has 0 aliphatic carbocycles. The van der Waals surface area contributed by atoms with Crippen molar-refractivity contribution < 1.29 is 9.53 Å². The van der Waals surface area contributed by atoms with E-state index in [0.717, 1.165) is 16.1 Å². The summed E-state index contributed by atoms with van der Waals surface area (Å²) >= 11 is 1.31. The van der Waals surface area contributed by atoms with Gasteiger partial charge in [0, 0.05) is 0 Å². The smallest absolute Gasteiger partial charge is 0.348 e. The molecule has 0 radical (unpaired) electrons. The summed E-state index contributed by atoms with van der Waals surface area (Å²) in [5, 5.41) is 0. The lowest BCUT2D eigenvalue weighted by atomic mass is 10.2. The number of nitrogens with two attached hydrogens (primary N) is 1. The second-order valence-corrected chi connectivity index (χ2v) is 6.16. The van der Waals surface area contributed by atoms with Gasteiger partial charge < -0.3 is 10.5 Å². The fraction of sp³-hybridized carbons (Fsp3) is 0.0526. The van der Waals surface area contributed by atoms with Gasteiger partial charge in [0.1, 0.15) is 10.6 Å². The summed E-state index contributed by atoms with van der Waals surface area (Å²) in [5.41, 5.74) is 9.20. The number of thiophene rings is 1. The van der Waals surface area contributed by atoms with Crippen molar-refractivity contribution in [3.8, 4) is 10.6 Å². The van der Waals surface area contributed by atoms with E-state index in [-0.39, 0.29) is 5.97 Å². The van der Waals surface area contributed by atoms with E-state index in [1.165, 1.54) is 18.4 Å². The van der Waals surface area contributed by atoms with Crippen LogP contribution in [-0.4, -0.2) is 18.1 Å². The minimum atomic E-state index is -0.357. The molecule has 0 spiro atoms. The minimum Gasteiger partial charge on any atom is -0.465 e. The van der Waals surface area contributed by atoms with Crippen LogP contribution < -0.4 is 5.73 Å². The van der Waals surface area contributed by atoms with Gasteiger partial charge in [0.05, 0.1) is 23.4 Å². The lowest BCUT2D eigenvalue weighted by Crippen LogP contribution is -1.96. The van der Waals surface area contributed by atoms with Crippen molar-refractivity contribution in [1.82, 2.24) is 4.98 Å². The predicted molar refractivity (Wildman–Crippen MR) is 98.7 cm³/mol. The molecule has 0 saturated heterocycles. The number of hydrogen-bond acceptors (Lipinski definition) is 5. The SMILES string of the molecule is COC(=O)c1ccc(-c2nc(C=Cc3ccccc3)ccc2N)s1. The number of carbonyl (C=O) groups is 1. The first-order valence-electron chi connectivity index (χ1n) is 7.35. The van der Waals surface area contributed by atoms with E-state index >= 15 is 0 Å². The van der Waals surface area contributed by atoms with Crippen LogP contribution in [0.1, 0.15) is 20.9 Å². The highest BCUT2D eigenvalue weighted by atomic mass is 32.1. The Morgan fingerprint density at radius 2 is 1.88 bits per heavy atom. The van der Waals surface area contributed by atoms with Crippen LogP contribution in [0.3, 0.4) is 0 Å². The molecule has 0 unspecified atom stereocenters. The van der Waals surface area contributed by atoms with Crippen molar-refractivity contribution in [2.75, 3.05) is 12.8 Å². The van der Waals surface area contributed by atoms with Gasteiger partial charge in [-0.25, -0.2) is 9.78 Å². The average molecular weight is 336 g/mol. The third kappa shape index (κ3) is 3.52. The van der Waals surface area contributed by atoms with Gasteiger partial charge in [-0.15, -0.1) is 11.3 Å². The molecule has 2 N–H and O–H groups in total. The summed E-state index contributed by atoms with van der Waals surface area (Å²) in [4.78, 5) is 17.6. The molecule has 2 heterocycles. The van der Waals surface area contributed by atoms with Crippen molar-refractivity contribution in [1.29, 1.82) is 0 Å². The third-order valence-electron chi connectivity index (χ3n) is 3.42. The first-order chi connectivity index (χ1) is 11.7. The number of aromatic nitrogens is 1. The molecule has 0 amide bonds. The van der Waals surface area contributed by atoms with Gasteiger partial charge in [-0.2, -0.15) is 0 Å². The van der Waals surface area contributed by atoms with Gasteiger partial charge in [0.25, 0.3) is 0 Å². The zero-order chi connectivity index (χ0) is 16.9. The number of esters is 1. The zero-order valence-corrected chi connectivity index (χ0v) is 13.9. The van der Waals surface area contributed by atoms with Crippen molar-refractivity contribution in [2.24, 2.45) is 0 Å². The lowest BCUT2D eigenvalue weighted by molar-refractivity contribution is 0.0606. The summed E-state index contributed by atoms with van der Waals surface area (Å²) in [6, 6.07) is 17.3. The molecule has 0 atom stereocenters. The molecule has 24 heavy (non-hydrogen) atoms. The molecule has 0 fully saturated rings. The minimum absolute atomic E-state index is 0.357. The van der Waals surface area contributed by atoms with Crippen molar-refractivity contribution in [2.45, 2.75) is 0 Å². The topological polar surface area (TPSA) is 65.2 Å². The molecule has 0 saturated carbocycles. The van der Waals surface area contributed by atoms with Crippen molar-refractivity contribution in [3.05, 3.63) is 70.7 Å². The first-order valence-corrected chi connectivity index (χ1v) is 8.17. The second-order valence-electron chi connectivity index (χ2n) is 5.07. The Kier molecular flexibility index (Phi) is 4.72. The van der Waals surface area contributed by atoms with Gasteiger partial charge in [-0.05, 0) is 35.9 Å². The summed E-state index contributed by atoms with van der Waals surface area (Å²) < 4.78 is 4.74. The Morgan fingerprint density at radius 3 is 2.62 bits per heavy atom. The monoisotopic (exact) mass is 336 g/mol. The zero-order valence-electron chi connectivity index (χ0n) is 13.1. The van der Waals surface area contributed by atoms with Crippen molar-refractivity contribution in [3.63, 3.8) is 0 Å². The standard InChI is InChI=1S/C19H16N2O2S/c1-23-19(22)17-12-11-16(24-17)18-15(20)10-9-14(21-18)8-7-13-5-3-2-4-6-13/h2-12H,20H2,1H3. The van der Waals surface area contributed by atoms with Gasteiger partial charge in [0.15, 0.2) is 0 Å². The van der Waals surface area contributed by atoms with E-state index in [0.29, 0.717) is 16.3 Å². The molecule has 0 aliphatic heterocycles. The largest absolute Gasteiger partial charge is 0.465 e. The maximum Gasteiger partial charge on any atom is 0.348 e. The summed E-state index contributed by atoms with van der Waals surface area (Å²) in [5.74, 6) is -0.357. The maximum absolute atomic E-state index is 11.6. The number of methoxy groups -OCH3 is 1. The van der Waals surface area contributed by atoms with E-state index in [2.05, 4.69) is 4.98 Å². The lowest BCUT2D eigenvalue weighted by Gasteiger charge is -2.04. The molecule has 4 nitrogen and oxygen atoms in total. The third-order valence-corrected chi connectivity index (χ3v) is 4.49. The van der Waals surface area contributed by atoms with Crippen LogP contribution in [0.4, 0.5) is 5.69 Å². The predicted octanol–water partition coefficient (Wildman–Crippen LogP) is 4.35. The Bertz CT molecular complexity index is 885.